The molecular weight excluding hydrogens is 510 g/mol. The maximum Gasteiger partial charge on any atom is 0.508 e. The van der Waals surface area contributed by atoms with Gasteiger partial charge in [0.2, 0.25) is 0 Å². The summed E-state index contributed by atoms with van der Waals surface area (Å²) in [6.07, 6.45) is 10.9. The normalized spacial score (nSPS) is 44.8. The first-order valence-corrected chi connectivity index (χ1v) is 18.1. The molecule has 9 heteroatoms. The maximum absolute atomic E-state index is 13.4. The minimum absolute atomic E-state index is 0.0228. The van der Waals surface area contributed by atoms with Gasteiger partial charge in [-0.3, -0.25) is 0 Å². The SMILES string of the molecule is CC(F)(F)C(=O)OCC12CC3CC(C1)CC(OC(=O)OCC14CC5CC(C1)CC(O[Si](C)(C)C)(C5)C4)(C3)C2. The summed E-state index contributed by atoms with van der Waals surface area (Å²) >= 11 is 0. The smallest absolute Gasteiger partial charge is 0.461 e. The van der Waals surface area contributed by atoms with Crippen LogP contribution in [0.25, 0.3) is 0 Å². The average Bonchev–Trinajstić information content (AvgIpc) is 2.71. The molecule has 4 unspecified atom stereocenters. The van der Waals surface area contributed by atoms with Gasteiger partial charge in [0.15, 0.2) is 8.32 Å². The third-order valence-corrected chi connectivity index (χ3v) is 11.5. The monoisotopic (exact) mass is 554 g/mol. The molecule has 0 spiro atoms. The van der Waals surface area contributed by atoms with Crippen molar-refractivity contribution >= 4 is 20.4 Å². The number of alkyl halides is 2. The quantitative estimate of drug-likeness (QED) is 0.241. The molecule has 8 aliphatic rings. The van der Waals surface area contributed by atoms with Gasteiger partial charge in [-0.05, 0) is 120 Å². The fraction of sp³-hybridized carbons (Fsp3) is 0.931. The van der Waals surface area contributed by atoms with Crippen molar-refractivity contribution in [3.05, 3.63) is 0 Å². The summed E-state index contributed by atoms with van der Waals surface area (Å²) in [4.78, 5) is 25.0. The molecule has 0 aromatic carbocycles. The van der Waals surface area contributed by atoms with Crippen LogP contribution in [0.5, 0.6) is 0 Å². The molecule has 0 aliphatic heterocycles. The molecule has 8 saturated carbocycles. The lowest BCUT2D eigenvalue weighted by Gasteiger charge is -2.62. The first kappa shape index (κ1) is 27.0. The van der Waals surface area contributed by atoms with Gasteiger partial charge in [0.1, 0.15) is 12.2 Å². The van der Waals surface area contributed by atoms with E-state index in [1.54, 1.807) is 0 Å². The van der Waals surface area contributed by atoms with E-state index in [9.17, 15) is 18.4 Å². The van der Waals surface area contributed by atoms with E-state index in [0.717, 1.165) is 64.2 Å². The van der Waals surface area contributed by atoms with E-state index in [1.165, 1.54) is 6.42 Å². The number of carbonyl (C=O) groups is 2. The Morgan fingerprint density at radius 3 is 1.68 bits per heavy atom. The Morgan fingerprint density at radius 1 is 0.763 bits per heavy atom. The summed E-state index contributed by atoms with van der Waals surface area (Å²) in [6.45, 7) is 7.70. The lowest BCUT2D eigenvalue weighted by molar-refractivity contribution is -0.205. The van der Waals surface area contributed by atoms with E-state index < -0.39 is 37.4 Å². The summed E-state index contributed by atoms with van der Waals surface area (Å²) in [5, 5.41) is 0. The fourth-order valence-corrected chi connectivity index (χ4v) is 12.3. The van der Waals surface area contributed by atoms with Crippen LogP contribution in [0.15, 0.2) is 0 Å². The Bertz CT molecular complexity index is 959. The first-order valence-electron chi connectivity index (χ1n) is 14.7. The molecule has 0 radical (unpaired) electrons. The Morgan fingerprint density at radius 2 is 1.21 bits per heavy atom. The highest BCUT2D eigenvalue weighted by atomic mass is 28.4. The van der Waals surface area contributed by atoms with Crippen molar-refractivity contribution in [1.29, 1.82) is 0 Å². The number of carbonyl (C=O) groups excluding carboxylic acids is 2. The second-order valence-electron chi connectivity index (χ2n) is 15.6. The van der Waals surface area contributed by atoms with Crippen LogP contribution in [0.3, 0.4) is 0 Å². The maximum atomic E-state index is 13.4. The summed E-state index contributed by atoms with van der Waals surface area (Å²) in [7, 11) is -1.70. The predicted molar refractivity (Wildman–Crippen MR) is 138 cm³/mol. The van der Waals surface area contributed by atoms with Crippen molar-refractivity contribution in [1.82, 2.24) is 0 Å². The van der Waals surface area contributed by atoms with Gasteiger partial charge in [0.25, 0.3) is 0 Å². The van der Waals surface area contributed by atoms with Crippen LogP contribution in [0, 0.1) is 34.5 Å². The first-order chi connectivity index (χ1) is 17.6. The van der Waals surface area contributed by atoms with Crippen LogP contribution in [0.4, 0.5) is 13.6 Å². The van der Waals surface area contributed by atoms with E-state index in [-0.39, 0.29) is 17.6 Å². The second-order valence-corrected chi connectivity index (χ2v) is 20.0. The lowest BCUT2D eigenvalue weighted by atomic mass is 9.48. The number of hydrogen-bond acceptors (Lipinski definition) is 6. The molecule has 8 bridgehead atoms. The number of ether oxygens (including phenoxy) is 3. The van der Waals surface area contributed by atoms with Crippen LogP contribution in [0.2, 0.25) is 19.6 Å². The highest BCUT2D eigenvalue weighted by Crippen LogP contribution is 2.64. The van der Waals surface area contributed by atoms with Crippen LogP contribution in [0.1, 0.15) is 84.0 Å². The van der Waals surface area contributed by atoms with Crippen LogP contribution >= 0.6 is 0 Å². The Hall–Kier alpha value is -1.22. The molecule has 214 valence electrons. The van der Waals surface area contributed by atoms with Crippen molar-refractivity contribution in [3.63, 3.8) is 0 Å². The predicted octanol–water partition coefficient (Wildman–Crippen LogP) is 6.87. The molecular formula is C29H44F2O6Si. The summed E-state index contributed by atoms with van der Waals surface area (Å²) in [6, 6.07) is 0. The minimum atomic E-state index is -3.50. The molecule has 0 N–H and O–H groups in total. The second kappa shape index (κ2) is 8.64. The molecule has 0 heterocycles. The van der Waals surface area contributed by atoms with Gasteiger partial charge in [-0.15, -0.1) is 0 Å². The van der Waals surface area contributed by atoms with E-state index in [1.807, 2.05) is 0 Å². The highest BCUT2D eigenvalue weighted by Gasteiger charge is 2.62. The largest absolute Gasteiger partial charge is 0.508 e. The molecule has 0 saturated heterocycles. The summed E-state index contributed by atoms with van der Waals surface area (Å²) < 4.78 is 50.8. The van der Waals surface area contributed by atoms with E-state index in [4.69, 9.17) is 18.6 Å². The Labute approximate surface area is 226 Å². The lowest BCUT2D eigenvalue weighted by Crippen LogP contribution is -2.61. The zero-order chi connectivity index (χ0) is 27.2. The molecule has 38 heavy (non-hydrogen) atoms. The number of hydrogen-bond donors (Lipinski definition) is 0. The van der Waals surface area contributed by atoms with Gasteiger partial charge in [-0.2, -0.15) is 8.78 Å². The van der Waals surface area contributed by atoms with Gasteiger partial charge in [-0.25, -0.2) is 9.59 Å². The van der Waals surface area contributed by atoms with E-state index >= 15 is 0 Å². The molecule has 4 atom stereocenters. The molecule has 0 aromatic rings. The summed E-state index contributed by atoms with van der Waals surface area (Å²) in [5.41, 5.74) is -1.12. The zero-order valence-corrected chi connectivity index (χ0v) is 24.4. The van der Waals surface area contributed by atoms with Crippen molar-refractivity contribution in [2.45, 2.75) is 121 Å². The summed E-state index contributed by atoms with van der Waals surface area (Å²) in [5.74, 6) is -2.98. The van der Waals surface area contributed by atoms with Crippen LogP contribution in [-0.4, -0.2) is 50.8 Å². The van der Waals surface area contributed by atoms with E-state index in [0.29, 0.717) is 43.6 Å². The number of rotatable bonds is 8. The van der Waals surface area contributed by atoms with Gasteiger partial charge in [0.05, 0.1) is 12.2 Å². The van der Waals surface area contributed by atoms with Gasteiger partial charge in [-0.1, -0.05) is 0 Å². The van der Waals surface area contributed by atoms with Gasteiger partial charge in [0, 0.05) is 17.8 Å². The fourth-order valence-electron chi connectivity index (χ4n) is 10.7. The zero-order valence-electron chi connectivity index (χ0n) is 23.4. The molecule has 0 amide bonds. The molecule has 8 fully saturated rings. The topological polar surface area (TPSA) is 71.1 Å². The molecule has 8 aliphatic carbocycles. The Kier molecular flexibility index (Phi) is 6.13. The third-order valence-electron chi connectivity index (χ3n) is 10.4. The molecule has 0 aromatic heterocycles. The highest BCUT2D eigenvalue weighted by molar-refractivity contribution is 6.69. The van der Waals surface area contributed by atoms with E-state index in [2.05, 4.69) is 19.6 Å². The van der Waals surface area contributed by atoms with Crippen molar-refractivity contribution in [2.75, 3.05) is 13.2 Å². The van der Waals surface area contributed by atoms with Crippen molar-refractivity contribution in [3.8, 4) is 0 Å². The number of esters is 1. The minimum Gasteiger partial charge on any atom is -0.461 e. The molecule has 6 nitrogen and oxygen atoms in total. The van der Waals surface area contributed by atoms with Gasteiger partial charge >= 0.3 is 18.0 Å². The standard InChI is InChI=1S/C29H44F2O6Si/c1-25(30,31)23(32)34-17-26-7-19-5-20(8-26)12-28(11-19,15-26)36-24(33)35-18-27-9-21-6-22(10-27)14-29(13-21,16-27)37-38(2,3)4/h19-22H,5-18H2,1-4H3. The number of halogens is 2. The average molecular weight is 555 g/mol. The van der Waals surface area contributed by atoms with Crippen molar-refractivity contribution in [2.24, 2.45) is 34.5 Å². The van der Waals surface area contributed by atoms with Crippen LogP contribution in [-0.2, 0) is 23.4 Å². The van der Waals surface area contributed by atoms with Crippen molar-refractivity contribution < 1.29 is 37.0 Å². The van der Waals surface area contributed by atoms with Crippen LogP contribution < -0.4 is 0 Å². The Balaban J connectivity index is 1.10. The molecule has 8 rings (SSSR count). The van der Waals surface area contributed by atoms with Gasteiger partial charge < -0.3 is 18.6 Å². The third kappa shape index (κ3) is 5.15.